The summed E-state index contributed by atoms with van der Waals surface area (Å²) >= 11 is 6.19. The molecular formula is C18H21ClN2O3S. The number of halogens is 1. The van der Waals surface area contributed by atoms with Crippen LogP contribution in [-0.4, -0.2) is 27.4 Å². The summed E-state index contributed by atoms with van der Waals surface area (Å²) in [5.41, 5.74) is 1.22. The molecule has 2 rings (SSSR count). The summed E-state index contributed by atoms with van der Waals surface area (Å²) in [5.74, 6) is -0.377. The monoisotopic (exact) mass is 380 g/mol. The van der Waals surface area contributed by atoms with Gasteiger partial charge in [0.25, 0.3) is 10.0 Å². The van der Waals surface area contributed by atoms with E-state index in [9.17, 15) is 13.2 Å². The van der Waals surface area contributed by atoms with Crippen LogP contribution in [0.25, 0.3) is 0 Å². The average Bonchev–Trinajstić information content (AvgIpc) is 2.59. The van der Waals surface area contributed by atoms with Gasteiger partial charge in [0.15, 0.2) is 0 Å². The summed E-state index contributed by atoms with van der Waals surface area (Å²) in [6, 6.07) is 13.1. The van der Waals surface area contributed by atoms with E-state index in [0.29, 0.717) is 6.54 Å². The van der Waals surface area contributed by atoms with Crippen LogP contribution in [-0.2, 0) is 14.8 Å². The van der Waals surface area contributed by atoms with Crippen molar-refractivity contribution >= 4 is 33.2 Å². The Morgan fingerprint density at radius 3 is 2.36 bits per heavy atom. The van der Waals surface area contributed by atoms with Gasteiger partial charge in [-0.1, -0.05) is 48.4 Å². The van der Waals surface area contributed by atoms with Crippen LogP contribution in [0.1, 0.15) is 18.9 Å². The Bertz CT molecular complexity index is 836. The second-order valence-corrected chi connectivity index (χ2v) is 7.90. The van der Waals surface area contributed by atoms with Crippen LogP contribution < -0.4 is 9.62 Å². The van der Waals surface area contributed by atoms with Gasteiger partial charge in [-0.2, -0.15) is 0 Å². The number of hydrogen-bond donors (Lipinski definition) is 1. The highest BCUT2D eigenvalue weighted by Crippen LogP contribution is 2.30. The smallest absolute Gasteiger partial charge is 0.264 e. The maximum atomic E-state index is 13.1. The minimum absolute atomic E-state index is 0.112. The number of carbonyl (C=O) groups is 1. The van der Waals surface area contributed by atoms with Crippen LogP contribution in [0.15, 0.2) is 53.4 Å². The number of hydrogen-bond acceptors (Lipinski definition) is 3. The van der Waals surface area contributed by atoms with E-state index in [0.717, 1.165) is 16.3 Å². The molecule has 0 radical (unpaired) electrons. The van der Waals surface area contributed by atoms with Gasteiger partial charge >= 0.3 is 0 Å². The second kappa shape index (κ2) is 8.36. The van der Waals surface area contributed by atoms with E-state index in [1.165, 1.54) is 12.1 Å². The first-order valence-corrected chi connectivity index (χ1v) is 9.78. The Kier molecular flexibility index (Phi) is 6.45. The van der Waals surface area contributed by atoms with E-state index in [4.69, 9.17) is 11.6 Å². The number of rotatable bonds is 7. The van der Waals surface area contributed by atoms with Gasteiger partial charge in [-0.25, -0.2) is 8.42 Å². The zero-order valence-electron chi connectivity index (χ0n) is 14.2. The molecule has 0 aliphatic heterocycles. The number of nitrogens with zero attached hydrogens (tertiary/aromatic N) is 1. The Morgan fingerprint density at radius 1 is 1.12 bits per heavy atom. The summed E-state index contributed by atoms with van der Waals surface area (Å²) in [7, 11) is -3.93. The number of para-hydroxylation sites is 1. The van der Waals surface area contributed by atoms with Gasteiger partial charge in [0.05, 0.1) is 15.6 Å². The zero-order chi connectivity index (χ0) is 18.4. The van der Waals surface area contributed by atoms with Crippen LogP contribution in [0.5, 0.6) is 0 Å². The van der Waals surface area contributed by atoms with Crippen LogP contribution in [0.2, 0.25) is 5.02 Å². The van der Waals surface area contributed by atoms with Crippen molar-refractivity contribution in [3.63, 3.8) is 0 Å². The van der Waals surface area contributed by atoms with Gasteiger partial charge in [0.1, 0.15) is 6.54 Å². The summed E-state index contributed by atoms with van der Waals surface area (Å²) in [4.78, 5) is 12.3. The lowest BCUT2D eigenvalue weighted by molar-refractivity contribution is -0.119. The average molecular weight is 381 g/mol. The van der Waals surface area contributed by atoms with Crippen LogP contribution >= 0.6 is 11.6 Å². The van der Waals surface area contributed by atoms with Crippen molar-refractivity contribution in [2.45, 2.75) is 25.2 Å². The molecule has 0 aliphatic rings. The van der Waals surface area contributed by atoms with Gasteiger partial charge in [-0.3, -0.25) is 9.10 Å². The van der Waals surface area contributed by atoms with Crippen LogP contribution in [0.3, 0.4) is 0 Å². The molecule has 2 aromatic rings. The minimum atomic E-state index is -3.93. The minimum Gasteiger partial charge on any atom is -0.355 e. The molecule has 0 aliphatic carbocycles. The summed E-state index contributed by atoms with van der Waals surface area (Å²) < 4.78 is 27.2. The number of aryl methyl sites for hydroxylation is 1. The first-order valence-electron chi connectivity index (χ1n) is 7.97. The maximum absolute atomic E-state index is 13.1. The van der Waals surface area contributed by atoms with E-state index in [1.54, 1.807) is 36.4 Å². The predicted octanol–water partition coefficient (Wildman–Crippen LogP) is 3.37. The van der Waals surface area contributed by atoms with Gasteiger partial charge in [-0.15, -0.1) is 0 Å². The number of amides is 1. The molecule has 0 heterocycles. The zero-order valence-corrected chi connectivity index (χ0v) is 15.8. The summed E-state index contributed by atoms with van der Waals surface area (Å²) in [5, 5.41) is 2.96. The Morgan fingerprint density at radius 2 is 1.76 bits per heavy atom. The van der Waals surface area contributed by atoms with Gasteiger partial charge in [0.2, 0.25) is 5.91 Å². The molecule has 0 fully saturated rings. The molecule has 1 amide bonds. The molecule has 0 aromatic heterocycles. The lowest BCUT2D eigenvalue weighted by Crippen LogP contribution is -2.41. The number of carbonyl (C=O) groups excluding carboxylic acids is 1. The van der Waals surface area contributed by atoms with Crippen molar-refractivity contribution in [1.82, 2.24) is 5.32 Å². The topological polar surface area (TPSA) is 66.5 Å². The quantitative estimate of drug-likeness (QED) is 0.800. The molecule has 1 N–H and O–H groups in total. The molecule has 0 unspecified atom stereocenters. The van der Waals surface area contributed by atoms with E-state index >= 15 is 0 Å². The van der Waals surface area contributed by atoms with Gasteiger partial charge < -0.3 is 5.32 Å². The fourth-order valence-corrected chi connectivity index (χ4v) is 3.97. The molecule has 5 nitrogen and oxygen atoms in total. The van der Waals surface area contributed by atoms with Crippen molar-refractivity contribution in [2.24, 2.45) is 0 Å². The molecule has 7 heteroatoms. The third-order valence-corrected chi connectivity index (χ3v) is 5.68. The van der Waals surface area contributed by atoms with Gasteiger partial charge in [0, 0.05) is 6.54 Å². The van der Waals surface area contributed by atoms with E-state index in [-0.39, 0.29) is 28.1 Å². The fourth-order valence-electron chi connectivity index (χ4n) is 2.24. The molecule has 2 aromatic carbocycles. The van der Waals surface area contributed by atoms with Crippen LogP contribution in [0.4, 0.5) is 5.69 Å². The number of benzene rings is 2. The van der Waals surface area contributed by atoms with Crippen molar-refractivity contribution in [2.75, 3.05) is 17.4 Å². The highest BCUT2D eigenvalue weighted by Gasteiger charge is 2.28. The first-order chi connectivity index (χ1) is 11.9. The highest BCUT2D eigenvalue weighted by atomic mass is 35.5. The normalized spacial score (nSPS) is 11.2. The molecule has 0 saturated heterocycles. The third kappa shape index (κ3) is 4.74. The van der Waals surface area contributed by atoms with Crippen molar-refractivity contribution < 1.29 is 13.2 Å². The molecule has 0 bridgehead atoms. The Hall–Kier alpha value is -2.05. The van der Waals surface area contributed by atoms with Crippen molar-refractivity contribution in [1.29, 1.82) is 0 Å². The number of anilines is 1. The standard InChI is InChI=1S/C18H21ClN2O3S/c1-3-12-20-18(22)13-21(17-7-5-4-6-16(17)19)25(23,24)15-10-8-14(2)9-11-15/h4-11H,3,12-13H2,1-2H3,(H,20,22). The number of sulfonamides is 1. The molecule has 0 spiro atoms. The molecule has 25 heavy (non-hydrogen) atoms. The molecular weight excluding hydrogens is 360 g/mol. The molecule has 0 saturated carbocycles. The lowest BCUT2D eigenvalue weighted by Gasteiger charge is -2.25. The fraction of sp³-hybridized carbons (Fsp3) is 0.278. The maximum Gasteiger partial charge on any atom is 0.264 e. The Balaban J connectivity index is 2.45. The van der Waals surface area contributed by atoms with Gasteiger partial charge in [-0.05, 0) is 37.6 Å². The summed E-state index contributed by atoms with van der Waals surface area (Å²) in [6.45, 7) is 3.95. The lowest BCUT2D eigenvalue weighted by atomic mass is 10.2. The van der Waals surface area contributed by atoms with E-state index in [1.807, 2.05) is 13.8 Å². The second-order valence-electron chi connectivity index (χ2n) is 5.63. The van der Waals surface area contributed by atoms with Crippen LogP contribution in [0, 0.1) is 6.92 Å². The molecule has 0 atom stereocenters. The highest BCUT2D eigenvalue weighted by molar-refractivity contribution is 7.92. The molecule has 134 valence electrons. The van der Waals surface area contributed by atoms with E-state index < -0.39 is 10.0 Å². The van der Waals surface area contributed by atoms with E-state index in [2.05, 4.69) is 5.32 Å². The predicted molar refractivity (Wildman–Crippen MR) is 100 cm³/mol. The summed E-state index contributed by atoms with van der Waals surface area (Å²) in [6.07, 6.45) is 0.766. The van der Waals surface area contributed by atoms with Crippen molar-refractivity contribution in [3.8, 4) is 0 Å². The van der Waals surface area contributed by atoms with Crippen molar-refractivity contribution in [3.05, 3.63) is 59.1 Å². The largest absolute Gasteiger partial charge is 0.355 e. The first kappa shape index (κ1) is 19.3. The SMILES string of the molecule is CCCNC(=O)CN(c1ccccc1Cl)S(=O)(=O)c1ccc(C)cc1. The Labute approximate surface area is 153 Å². The number of nitrogens with one attached hydrogen (secondary N) is 1. The third-order valence-electron chi connectivity index (χ3n) is 3.59.